The van der Waals surface area contributed by atoms with Gasteiger partial charge in [-0.25, -0.2) is 0 Å². The minimum Gasteiger partial charge on any atom is -0.325 e. The molecule has 1 N–H and O–H groups in total. The van der Waals surface area contributed by atoms with Gasteiger partial charge in [0.25, 0.3) is 0 Å². The summed E-state index contributed by atoms with van der Waals surface area (Å²) in [6.45, 7) is 4.62. The van der Waals surface area contributed by atoms with Gasteiger partial charge >= 0.3 is 0 Å². The maximum Gasteiger partial charge on any atom is 0.234 e. The van der Waals surface area contributed by atoms with Crippen molar-refractivity contribution in [3.8, 4) is 11.5 Å². The summed E-state index contributed by atoms with van der Waals surface area (Å²) < 4.78 is 2.01. The first kappa shape index (κ1) is 20.8. The van der Waals surface area contributed by atoms with E-state index in [1.807, 2.05) is 66.9 Å². The molecule has 7 heteroatoms. The van der Waals surface area contributed by atoms with Crippen LogP contribution < -0.4 is 5.32 Å². The molecule has 4 rings (SSSR count). The van der Waals surface area contributed by atoms with Crippen LogP contribution in [0.3, 0.4) is 0 Å². The zero-order chi connectivity index (χ0) is 21.6. The fourth-order valence-corrected chi connectivity index (χ4v) is 4.00. The van der Waals surface area contributed by atoms with Crippen LogP contribution in [0.1, 0.15) is 16.7 Å². The average Bonchev–Trinajstić information content (AvgIpc) is 3.18. The average molecular weight is 430 g/mol. The number of pyridine rings is 1. The van der Waals surface area contributed by atoms with Crippen LogP contribution in [0.15, 0.2) is 78.1 Å². The maximum atomic E-state index is 12.6. The second-order valence-electron chi connectivity index (χ2n) is 7.25. The minimum atomic E-state index is -0.0781. The Morgan fingerprint density at radius 3 is 2.55 bits per heavy atom. The number of hydrogen-bond acceptors (Lipinski definition) is 5. The molecule has 0 atom stereocenters. The molecule has 2 aromatic carbocycles. The van der Waals surface area contributed by atoms with Crippen molar-refractivity contribution in [1.82, 2.24) is 19.7 Å². The van der Waals surface area contributed by atoms with Gasteiger partial charge in [0.1, 0.15) is 5.69 Å². The first-order valence-corrected chi connectivity index (χ1v) is 11.0. The third-order valence-corrected chi connectivity index (χ3v) is 5.75. The number of benzene rings is 2. The fraction of sp³-hybridized carbons (Fsp3) is 0.167. The van der Waals surface area contributed by atoms with E-state index in [0.29, 0.717) is 17.5 Å². The van der Waals surface area contributed by atoms with Gasteiger partial charge in [-0.05, 0) is 43.2 Å². The van der Waals surface area contributed by atoms with Gasteiger partial charge in [0.2, 0.25) is 5.91 Å². The van der Waals surface area contributed by atoms with Crippen LogP contribution in [0.5, 0.6) is 0 Å². The number of aromatic nitrogens is 4. The number of carbonyl (C=O) groups is 1. The molecule has 2 aromatic heterocycles. The predicted molar refractivity (Wildman–Crippen MR) is 124 cm³/mol. The predicted octanol–water partition coefficient (Wildman–Crippen LogP) is 4.74. The fourth-order valence-electron chi connectivity index (χ4n) is 3.26. The van der Waals surface area contributed by atoms with Crippen molar-refractivity contribution in [3.05, 3.63) is 89.6 Å². The molecule has 0 aliphatic carbocycles. The van der Waals surface area contributed by atoms with Gasteiger partial charge < -0.3 is 5.32 Å². The number of nitrogens with one attached hydrogen (secondary N) is 1. The van der Waals surface area contributed by atoms with Crippen molar-refractivity contribution in [2.24, 2.45) is 0 Å². The highest BCUT2D eigenvalue weighted by Gasteiger charge is 2.17. The van der Waals surface area contributed by atoms with Gasteiger partial charge in [0, 0.05) is 11.9 Å². The summed E-state index contributed by atoms with van der Waals surface area (Å²) in [5, 5.41) is 12.4. The smallest absolute Gasteiger partial charge is 0.234 e. The third kappa shape index (κ3) is 5.19. The first-order chi connectivity index (χ1) is 15.1. The number of anilines is 1. The van der Waals surface area contributed by atoms with Crippen LogP contribution in [-0.4, -0.2) is 31.4 Å². The van der Waals surface area contributed by atoms with E-state index in [9.17, 15) is 4.79 Å². The SMILES string of the molecule is Cc1ccc(NC(=O)CSc2nnc(-c3ccccn3)n2Cc2ccccc2)c(C)c1. The molecule has 0 fully saturated rings. The van der Waals surface area contributed by atoms with E-state index in [-0.39, 0.29) is 11.7 Å². The Kier molecular flexibility index (Phi) is 6.43. The van der Waals surface area contributed by atoms with E-state index in [1.54, 1.807) is 6.20 Å². The van der Waals surface area contributed by atoms with Crippen molar-refractivity contribution in [2.45, 2.75) is 25.5 Å². The van der Waals surface area contributed by atoms with E-state index >= 15 is 0 Å². The Labute approximate surface area is 185 Å². The second-order valence-corrected chi connectivity index (χ2v) is 8.19. The van der Waals surface area contributed by atoms with E-state index in [0.717, 1.165) is 22.5 Å². The molecule has 4 aromatic rings. The van der Waals surface area contributed by atoms with Crippen LogP contribution >= 0.6 is 11.8 Å². The lowest BCUT2D eigenvalue weighted by Gasteiger charge is -2.11. The van der Waals surface area contributed by atoms with Crippen LogP contribution in [0, 0.1) is 13.8 Å². The molecule has 0 saturated heterocycles. The molecule has 0 unspecified atom stereocenters. The summed E-state index contributed by atoms with van der Waals surface area (Å²) in [5.41, 5.74) is 4.92. The van der Waals surface area contributed by atoms with Gasteiger partial charge in [0.05, 0.1) is 12.3 Å². The highest BCUT2D eigenvalue weighted by atomic mass is 32.2. The molecular formula is C24H23N5OS. The normalized spacial score (nSPS) is 10.8. The first-order valence-electron chi connectivity index (χ1n) is 9.98. The quantitative estimate of drug-likeness (QED) is 0.430. The van der Waals surface area contributed by atoms with Crippen LogP contribution in [0.2, 0.25) is 0 Å². The zero-order valence-corrected chi connectivity index (χ0v) is 18.3. The lowest BCUT2D eigenvalue weighted by Crippen LogP contribution is -2.15. The van der Waals surface area contributed by atoms with Crippen molar-refractivity contribution in [3.63, 3.8) is 0 Å². The lowest BCUT2D eigenvalue weighted by molar-refractivity contribution is -0.113. The van der Waals surface area contributed by atoms with Gasteiger partial charge in [-0.1, -0.05) is 65.9 Å². The van der Waals surface area contributed by atoms with Crippen molar-refractivity contribution >= 4 is 23.4 Å². The van der Waals surface area contributed by atoms with Crippen LogP contribution in [-0.2, 0) is 11.3 Å². The molecule has 0 spiro atoms. The van der Waals surface area contributed by atoms with E-state index in [1.165, 1.54) is 17.3 Å². The number of hydrogen-bond donors (Lipinski definition) is 1. The summed E-state index contributed by atoms with van der Waals surface area (Å²) in [4.78, 5) is 17.0. The third-order valence-electron chi connectivity index (χ3n) is 4.78. The van der Waals surface area contributed by atoms with Crippen molar-refractivity contribution in [1.29, 1.82) is 0 Å². The summed E-state index contributed by atoms with van der Waals surface area (Å²) in [6, 6.07) is 21.8. The number of aryl methyl sites for hydroxylation is 2. The Bertz CT molecular complexity index is 1180. The number of nitrogens with zero attached hydrogens (tertiary/aromatic N) is 4. The van der Waals surface area contributed by atoms with Crippen LogP contribution in [0.25, 0.3) is 11.5 Å². The number of carbonyl (C=O) groups excluding carboxylic acids is 1. The number of thioether (sulfide) groups is 1. The molecule has 2 heterocycles. The second kappa shape index (κ2) is 9.57. The summed E-state index contributed by atoms with van der Waals surface area (Å²) in [5.74, 6) is 0.843. The molecular weight excluding hydrogens is 406 g/mol. The Hall–Kier alpha value is -3.45. The van der Waals surface area contributed by atoms with Gasteiger partial charge in [-0.15, -0.1) is 10.2 Å². The summed E-state index contributed by atoms with van der Waals surface area (Å²) >= 11 is 1.37. The Morgan fingerprint density at radius 2 is 1.81 bits per heavy atom. The number of rotatable bonds is 7. The Morgan fingerprint density at radius 1 is 1.00 bits per heavy atom. The van der Waals surface area contributed by atoms with Gasteiger partial charge in [-0.3, -0.25) is 14.3 Å². The zero-order valence-electron chi connectivity index (χ0n) is 17.4. The summed E-state index contributed by atoms with van der Waals surface area (Å²) in [6.07, 6.45) is 1.74. The largest absolute Gasteiger partial charge is 0.325 e. The minimum absolute atomic E-state index is 0.0781. The Balaban J connectivity index is 1.53. The molecule has 31 heavy (non-hydrogen) atoms. The molecule has 1 amide bonds. The molecule has 0 radical (unpaired) electrons. The topological polar surface area (TPSA) is 72.7 Å². The lowest BCUT2D eigenvalue weighted by atomic mass is 10.1. The van der Waals surface area contributed by atoms with E-state index < -0.39 is 0 Å². The monoisotopic (exact) mass is 429 g/mol. The van der Waals surface area contributed by atoms with Gasteiger partial charge in [-0.2, -0.15) is 0 Å². The van der Waals surface area contributed by atoms with Gasteiger partial charge in [0.15, 0.2) is 11.0 Å². The van der Waals surface area contributed by atoms with Crippen molar-refractivity contribution < 1.29 is 4.79 Å². The maximum absolute atomic E-state index is 12.6. The summed E-state index contributed by atoms with van der Waals surface area (Å²) in [7, 11) is 0. The van der Waals surface area contributed by atoms with E-state index in [4.69, 9.17) is 0 Å². The van der Waals surface area contributed by atoms with E-state index in [2.05, 4.69) is 38.7 Å². The molecule has 156 valence electrons. The highest BCUT2D eigenvalue weighted by Crippen LogP contribution is 2.24. The van der Waals surface area contributed by atoms with Crippen molar-refractivity contribution in [2.75, 3.05) is 11.1 Å². The van der Waals surface area contributed by atoms with Crippen LogP contribution in [0.4, 0.5) is 5.69 Å². The standard InChI is InChI=1S/C24H23N5OS/c1-17-11-12-20(18(2)14-17)26-22(30)16-31-24-28-27-23(21-10-6-7-13-25-21)29(24)15-19-8-4-3-5-9-19/h3-14H,15-16H2,1-2H3,(H,26,30). The molecule has 0 aliphatic heterocycles. The molecule has 0 saturated carbocycles. The molecule has 6 nitrogen and oxygen atoms in total. The highest BCUT2D eigenvalue weighted by molar-refractivity contribution is 7.99. The number of amides is 1. The molecule has 0 aliphatic rings. The molecule has 0 bridgehead atoms.